The van der Waals surface area contributed by atoms with E-state index >= 15 is 0 Å². The number of piperidine rings is 1. The van der Waals surface area contributed by atoms with Gasteiger partial charge in [-0.25, -0.2) is 0 Å². The van der Waals surface area contributed by atoms with Gasteiger partial charge in [-0.1, -0.05) is 63.7 Å². The Balaban J connectivity index is 1.56. The van der Waals surface area contributed by atoms with Crippen LogP contribution in [0.25, 0.3) is 11.4 Å². The lowest BCUT2D eigenvalue weighted by Crippen LogP contribution is -2.40. The van der Waals surface area contributed by atoms with E-state index in [1.165, 1.54) is 23.7 Å². The quantitative estimate of drug-likeness (QED) is 0.479. The largest absolute Gasteiger partial charge is 0.467 e. The second kappa shape index (κ2) is 9.53. The molecule has 7 heteroatoms. The highest BCUT2D eigenvalue weighted by Crippen LogP contribution is 2.29. The van der Waals surface area contributed by atoms with Gasteiger partial charge in [0, 0.05) is 18.7 Å². The van der Waals surface area contributed by atoms with Gasteiger partial charge in [-0.3, -0.25) is 9.36 Å². The Labute approximate surface area is 194 Å². The number of hydrogen-bond acceptors (Lipinski definition) is 5. The molecule has 32 heavy (non-hydrogen) atoms. The third-order valence-electron chi connectivity index (χ3n) is 5.95. The highest BCUT2D eigenvalue weighted by atomic mass is 32.2. The smallest absolute Gasteiger partial charge is 0.233 e. The van der Waals surface area contributed by atoms with Crippen LogP contribution in [0.1, 0.15) is 51.9 Å². The van der Waals surface area contributed by atoms with E-state index in [1.54, 1.807) is 6.26 Å². The van der Waals surface area contributed by atoms with Crippen LogP contribution < -0.4 is 0 Å². The average Bonchev–Trinajstić information content (AvgIpc) is 3.42. The number of furan rings is 1. The van der Waals surface area contributed by atoms with Crippen LogP contribution in [0.2, 0.25) is 0 Å². The first kappa shape index (κ1) is 22.6. The number of benzene rings is 1. The maximum atomic E-state index is 12.8. The van der Waals surface area contributed by atoms with Crippen LogP contribution in [0.15, 0.2) is 52.2 Å². The summed E-state index contributed by atoms with van der Waals surface area (Å²) >= 11 is 1.45. The summed E-state index contributed by atoms with van der Waals surface area (Å²) in [4.78, 5) is 14.8. The Morgan fingerprint density at radius 2 is 1.97 bits per heavy atom. The molecule has 0 bridgehead atoms. The van der Waals surface area contributed by atoms with Gasteiger partial charge in [0.05, 0.1) is 18.6 Å². The number of aromatic nitrogens is 3. The summed E-state index contributed by atoms with van der Waals surface area (Å²) in [5.74, 6) is 2.72. The van der Waals surface area contributed by atoms with Crippen molar-refractivity contribution < 1.29 is 9.21 Å². The summed E-state index contributed by atoms with van der Waals surface area (Å²) in [6, 6.07) is 12.3. The van der Waals surface area contributed by atoms with Crippen molar-refractivity contribution >= 4 is 17.7 Å². The normalized spacial score (nSPS) is 17.0. The molecule has 1 saturated heterocycles. The minimum Gasteiger partial charge on any atom is -0.467 e. The van der Waals surface area contributed by atoms with E-state index in [9.17, 15) is 4.79 Å². The van der Waals surface area contributed by atoms with Crippen molar-refractivity contribution in [1.29, 1.82) is 0 Å². The van der Waals surface area contributed by atoms with Crippen molar-refractivity contribution in [2.45, 2.75) is 57.7 Å². The highest BCUT2D eigenvalue weighted by Gasteiger charge is 2.23. The van der Waals surface area contributed by atoms with Crippen LogP contribution in [0.3, 0.4) is 0 Å². The van der Waals surface area contributed by atoms with Crippen LogP contribution >= 0.6 is 11.8 Å². The third kappa shape index (κ3) is 5.26. The van der Waals surface area contributed by atoms with Crippen molar-refractivity contribution in [3.05, 3.63) is 54.0 Å². The summed E-state index contributed by atoms with van der Waals surface area (Å²) in [6.07, 6.45) is 3.96. The molecule has 3 aromatic rings. The van der Waals surface area contributed by atoms with Crippen molar-refractivity contribution in [2.75, 3.05) is 18.8 Å². The molecule has 1 aliphatic rings. The van der Waals surface area contributed by atoms with Gasteiger partial charge >= 0.3 is 0 Å². The molecular weight excluding hydrogens is 420 g/mol. The zero-order chi connectivity index (χ0) is 22.7. The predicted octanol–water partition coefficient (Wildman–Crippen LogP) is 5.23. The molecule has 2 aromatic heterocycles. The Morgan fingerprint density at radius 3 is 2.62 bits per heavy atom. The Hall–Kier alpha value is -2.54. The molecule has 1 fully saturated rings. The lowest BCUT2D eigenvalue weighted by Gasteiger charge is -2.30. The first-order valence-corrected chi connectivity index (χ1v) is 12.3. The molecule has 1 atom stereocenters. The fourth-order valence-corrected chi connectivity index (χ4v) is 4.90. The molecule has 4 rings (SSSR count). The lowest BCUT2D eigenvalue weighted by molar-refractivity contribution is -0.130. The average molecular weight is 453 g/mol. The van der Waals surface area contributed by atoms with E-state index in [1.807, 2.05) is 21.6 Å². The van der Waals surface area contributed by atoms with Gasteiger partial charge in [-0.15, -0.1) is 10.2 Å². The molecule has 1 amide bonds. The lowest BCUT2D eigenvalue weighted by atomic mass is 9.87. The van der Waals surface area contributed by atoms with Crippen LogP contribution in [0.4, 0.5) is 0 Å². The van der Waals surface area contributed by atoms with Gasteiger partial charge in [0.2, 0.25) is 5.91 Å². The summed E-state index contributed by atoms with van der Waals surface area (Å²) in [5.41, 5.74) is 2.36. The van der Waals surface area contributed by atoms with E-state index in [4.69, 9.17) is 4.42 Å². The van der Waals surface area contributed by atoms with E-state index in [0.717, 1.165) is 41.8 Å². The SMILES string of the molecule is CC1CCCN(C(=O)CSc2nnc(-c3ccc(C(C)(C)C)cc3)n2Cc2ccco2)C1. The van der Waals surface area contributed by atoms with E-state index in [2.05, 4.69) is 62.2 Å². The fourth-order valence-electron chi connectivity index (χ4n) is 4.06. The third-order valence-corrected chi connectivity index (χ3v) is 6.91. The van der Waals surface area contributed by atoms with Crippen LogP contribution in [0, 0.1) is 5.92 Å². The molecule has 6 nitrogen and oxygen atoms in total. The molecule has 0 spiro atoms. The number of nitrogens with zero attached hydrogens (tertiary/aromatic N) is 4. The van der Waals surface area contributed by atoms with E-state index < -0.39 is 0 Å². The summed E-state index contributed by atoms with van der Waals surface area (Å²) < 4.78 is 7.63. The van der Waals surface area contributed by atoms with Crippen LogP contribution in [-0.4, -0.2) is 44.4 Å². The molecule has 0 saturated carbocycles. The zero-order valence-corrected chi connectivity index (χ0v) is 20.2. The molecule has 1 aromatic carbocycles. The number of thioether (sulfide) groups is 1. The van der Waals surface area contributed by atoms with Gasteiger partial charge in [-0.05, 0) is 41.9 Å². The molecule has 0 radical (unpaired) electrons. The second-order valence-electron chi connectivity index (χ2n) is 9.67. The Bertz CT molecular complexity index is 1040. The predicted molar refractivity (Wildman–Crippen MR) is 128 cm³/mol. The highest BCUT2D eigenvalue weighted by molar-refractivity contribution is 7.99. The number of likely N-dealkylation sites (tertiary alicyclic amines) is 1. The number of hydrogen-bond donors (Lipinski definition) is 0. The Kier molecular flexibility index (Phi) is 6.74. The molecule has 0 N–H and O–H groups in total. The van der Waals surface area contributed by atoms with Gasteiger partial charge < -0.3 is 9.32 Å². The Morgan fingerprint density at radius 1 is 1.19 bits per heavy atom. The van der Waals surface area contributed by atoms with Crippen molar-refractivity contribution in [3.63, 3.8) is 0 Å². The molecule has 3 heterocycles. The van der Waals surface area contributed by atoms with Crippen molar-refractivity contribution in [2.24, 2.45) is 5.92 Å². The first-order valence-electron chi connectivity index (χ1n) is 11.3. The molecular formula is C25H32N4O2S. The summed E-state index contributed by atoms with van der Waals surface area (Å²) in [6.45, 7) is 11.1. The molecule has 1 aliphatic heterocycles. The van der Waals surface area contributed by atoms with Crippen LogP contribution in [-0.2, 0) is 16.8 Å². The van der Waals surface area contributed by atoms with E-state index in [0.29, 0.717) is 18.2 Å². The monoisotopic (exact) mass is 452 g/mol. The number of rotatable bonds is 6. The standard InChI is InChI=1S/C25H32N4O2S/c1-18-7-5-13-28(15-18)22(30)17-32-24-27-26-23(29(24)16-21-8-6-14-31-21)19-9-11-20(12-10-19)25(2,3)4/h6,8-12,14,18H,5,7,13,15-17H2,1-4H3. The van der Waals surface area contributed by atoms with Crippen molar-refractivity contribution in [3.8, 4) is 11.4 Å². The maximum Gasteiger partial charge on any atom is 0.233 e. The second-order valence-corrected chi connectivity index (χ2v) is 10.6. The number of carbonyl (C=O) groups excluding carboxylic acids is 1. The molecule has 170 valence electrons. The maximum absolute atomic E-state index is 12.8. The summed E-state index contributed by atoms with van der Waals surface area (Å²) in [5, 5.41) is 9.66. The van der Waals surface area contributed by atoms with Gasteiger partial charge in [0.25, 0.3) is 0 Å². The number of amides is 1. The minimum atomic E-state index is 0.0910. The molecule has 1 unspecified atom stereocenters. The first-order chi connectivity index (χ1) is 15.3. The topological polar surface area (TPSA) is 64.2 Å². The van der Waals surface area contributed by atoms with E-state index in [-0.39, 0.29) is 11.3 Å². The minimum absolute atomic E-state index is 0.0910. The fraction of sp³-hybridized carbons (Fsp3) is 0.480. The van der Waals surface area contributed by atoms with Gasteiger partial charge in [0.1, 0.15) is 5.76 Å². The van der Waals surface area contributed by atoms with Crippen LogP contribution in [0.5, 0.6) is 0 Å². The summed E-state index contributed by atoms with van der Waals surface area (Å²) in [7, 11) is 0. The molecule has 0 aliphatic carbocycles. The van der Waals surface area contributed by atoms with Gasteiger partial charge in [0.15, 0.2) is 11.0 Å². The number of carbonyl (C=O) groups is 1. The van der Waals surface area contributed by atoms with Crippen molar-refractivity contribution in [1.82, 2.24) is 19.7 Å². The van der Waals surface area contributed by atoms with Gasteiger partial charge in [-0.2, -0.15) is 0 Å². The zero-order valence-electron chi connectivity index (χ0n) is 19.4.